The molecule has 0 radical (unpaired) electrons. The van der Waals surface area contributed by atoms with Gasteiger partial charge in [-0.25, -0.2) is 0 Å². The number of hydrogen-bond acceptors (Lipinski definition) is 3. The molecule has 0 amide bonds. The molecule has 0 aliphatic rings. The van der Waals surface area contributed by atoms with Gasteiger partial charge in [-0.05, 0) is 61.8 Å². The van der Waals surface area contributed by atoms with E-state index in [1.807, 2.05) is 43.3 Å². The summed E-state index contributed by atoms with van der Waals surface area (Å²) < 4.78 is 10.6. The zero-order valence-corrected chi connectivity index (χ0v) is 15.0. The van der Waals surface area contributed by atoms with Crippen LogP contribution in [0, 0.1) is 0 Å². The topological polar surface area (TPSA) is 42.5 Å². The monoisotopic (exact) mass is 344 g/mol. The highest BCUT2D eigenvalue weighted by molar-refractivity contribution is 7.80. The molecule has 0 saturated heterocycles. The van der Waals surface area contributed by atoms with Crippen LogP contribution in [0.4, 0.5) is 5.69 Å². The highest BCUT2D eigenvalue weighted by Crippen LogP contribution is 2.16. The van der Waals surface area contributed by atoms with Crippen LogP contribution in [0.15, 0.2) is 48.5 Å². The lowest BCUT2D eigenvalue weighted by molar-refractivity contribution is 0.340. The molecule has 0 aliphatic carbocycles. The Balaban J connectivity index is 1.68. The molecule has 0 heterocycles. The lowest BCUT2D eigenvalue weighted by Gasteiger charge is -2.11. The molecule has 2 aromatic carbocycles. The van der Waals surface area contributed by atoms with Gasteiger partial charge in [0.05, 0.1) is 13.7 Å². The van der Waals surface area contributed by atoms with Gasteiger partial charge in [-0.15, -0.1) is 0 Å². The van der Waals surface area contributed by atoms with Crippen molar-refractivity contribution in [2.24, 2.45) is 0 Å². The van der Waals surface area contributed by atoms with E-state index in [2.05, 4.69) is 22.8 Å². The first-order valence-electron chi connectivity index (χ1n) is 8.12. The zero-order valence-electron chi connectivity index (χ0n) is 14.2. The van der Waals surface area contributed by atoms with Crippen molar-refractivity contribution in [3.63, 3.8) is 0 Å². The van der Waals surface area contributed by atoms with E-state index in [1.54, 1.807) is 7.11 Å². The largest absolute Gasteiger partial charge is 0.497 e. The second-order valence-electron chi connectivity index (χ2n) is 5.29. The summed E-state index contributed by atoms with van der Waals surface area (Å²) in [4.78, 5) is 0. The molecule has 0 aliphatic heterocycles. The summed E-state index contributed by atoms with van der Waals surface area (Å²) in [6.07, 6.45) is 2.01. The molecule has 2 rings (SSSR count). The molecule has 0 bridgehead atoms. The molecule has 2 N–H and O–H groups in total. The van der Waals surface area contributed by atoms with Gasteiger partial charge in [0.15, 0.2) is 5.11 Å². The number of thiocarbonyl (C=S) groups is 1. The van der Waals surface area contributed by atoms with Crippen LogP contribution < -0.4 is 20.1 Å². The van der Waals surface area contributed by atoms with Gasteiger partial charge in [-0.1, -0.05) is 18.2 Å². The minimum absolute atomic E-state index is 0.620. The van der Waals surface area contributed by atoms with Gasteiger partial charge in [-0.3, -0.25) is 0 Å². The molecular weight excluding hydrogens is 320 g/mol. The zero-order chi connectivity index (χ0) is 17.2. The average Bonchev–Trinajstić information content (AvgIpc) is 2.60. The molecule has 0 saturated carbocycles. The van der Waals surface area contributed by atoms with E-state index in [9.17, 15) is 0 Å². The quantitative estimate of drug-likeness (QED) is 0.559. The summed E-state index contributed by atoms with van der Waals surface area (Å²) in [5.74, 6) is 1.72. The molecule has 128 valence electrons. The SMILES string of the molecule is CCOc1ccc(CCCNC(=S)Nc2cccc(OC)c2)cc1. The fourth-order valence-corrected chi connectivity index (χ4v) is 2.51. The van der Waals surface area contributed by atoms with Crippen LogP contribution >= 0.6 is 12.2 Å². The number of benzene rings is 2. The van der Waals surface area contributed by atoms with E-state index in [1.165, 1.54) is 5.56 Å². The van der Waals surface area contributed by atoms with Crippen molar-refractivity contribution in [3.05, 3.63) is 54.1 Å². The number of anilines is 1. The molecular formula is C19H24N2O2S. The number of ether oxygens (including phenoxy) is 2. The van der Waals surface area contributed by atoms with E-state index in [0.717, 1.165) is 36.6 Å². The Labute approximate surface area is 149 Å². The Bertz CT molecular complexity index is 644. The minimum Gasteiger partial charge on any atom is -0.497 e. The van der Waals surface area contributed by atoms with Gasteiger partial charge in [0.2, 0.25) is 0 Å². The highest BCUT2D eigenvalue weighted by Gasteiger charge is 2.00. The second kappa shape index (κ2) is 9.78. The molecule has 2 aromatic rings. The summed E-state index contributed by atoms with van der Waals surface area (Å²) in [6.45, 7) is 3.51. The minimum atomic E-state index is 0.620. The van der Waals surface area contributed by atoms with Gasteiger partial charge >= 0.3 is 0 Å². The summed E-state index contributed by atoms with van der Waals surface area (Å²) >= 11 is 5.31. The number of nitrogens with one attached hydrogen (secondary N) is 2. The van der Waals surface area contributed by atoms with E-state index < -0.39 is 0 Å². The smallest absolute Gasteiger partial charge is 0.170 e. The Kier molecular flexibility index (Phi) is 7.36. The van der Waals surface area contributed by atoms with Crippen molar-refractivity contribution in [2.75, 3.05) is 25.6 Å². The summed E-state index contributed by atoms with van der Waals surface area (Å²) in [5, 5.41) is 7.01. The standard InChI is InChI=1S/C19H24N2O2S/c1-3-23-17-11-9-15(10-12-17)6-5-13-20-19(24)21-16-7-4-8-18(14-16)22-2/h4,7-12,14H,3,5-6,13H2,1-2H3,(H2,20,21,24). The van der Waals surface area contributed by atoms with Crippen LogP contribution in [0.1, 0.15) is 18.9 Å². The fraction of sp³-hybridized carbons (Fsp3) is 0.316. The number of hydrogen-bond donors (Lipinski definition) is 2. The maximum Gasteiger partial charge on any atom is 0.170 e. The third-order valence-electron chi connectivity index (χ3n) is 3.49. The predicted molar refractivity (Wildman–Crippen MR) is 103 cm³/mol. The third-order valence-corrected chi connectivity index (χ3v) is 3.74. The lowest BCUT2D eigenvalue weighted by Crippen LogP contribution is -2.29. The van der Waals surface area contributed by atoms with Crippen LogP contribution in [0.5, 0.6) is 11.5 Å². The predicted octanol–water partition coefficient (Wildman–Crippen LogP) is 4.01. The molecule has 0 atom stereocenters. The Morgan fingerprint density at radius 1 is 1.08 bits per heavy atom. The molecule has 0 spiro atoms. The van der Waals surface area contributed by atoms with Gasteiger partial charge in [0.1, 0.15) is 11.5 Å². The molecule has 4 nitrogen and oxygen atoms in total. The highest BCUT2D eigenvalue weighted by atomic mass is 32.1. The Hall–Kier alpha value is -2.27. The van der Waals surface area contributed by atoms with Crippen molar-refractivity contribution in [1.29, 1.82) is 0 Å². The Morgan fingerprint density at radius 3 is 2.58 bits per heavy atom. The molecule has 5 heteroatoms. The van der Waals surface area contributed by atoms with Crippen molar-refractivity contribution < 1.29 is 9.47 Å². The van der Waals surface area contributed by atoms with Gasteiger partial charge < -0.3 is 20.1 Å². The van der Waals surface area contributed by atoms with Gasteiger partial charge in [0.25, 0.3) is 0 Å². The molecule has 24 heavy (non-hydrogen) atoms. The van der Waals surface area contributed by atoms with Crippen molar-refractivity contribution in [1.82, 2.24) is 5.32 Å². The van der Waals surface area contributed by atoms with Gasteiger partial charge in [0, 0.05) is 18.3 Å². The van der Waals surface area contributed by atoms with Gasteiger partial charge in [-0.2, -0.15) is 0 Å². The van der Waals surface area contributed by atoms with Crippen LogP contribution in [0.25, 0.3) is 0 Å². The fourth-order valence-electron chi connectivity index (χ4n) is 2.29. The van der Waals surface area contributed by atoms with Crippen LogP contribution in [0.2, 0.25) is 0 Å². The van der Waals surface area contributed by atoms with Crippen molar-refractivity contribution in [3.8, 4) is 11.5 Å². The number of methoxy groups -OCH3 is 1. The van der Waals surface area contributed by atoms with Crippen molar-refractivity contribution in [2.45, 2.75) is 19.8 Å². The summed E-state index contributed by atoms with van der Waals surface area (Å²) in [6, 6.07) is 15.9. The first-order chi connectivity index (χ1) is 11.7. The van der Waals surface area contributed by atoms with E-state index in [0.29, 0.717) is 11.7 Å². The van der Waals surface area contributed by atoms with Crippen LogP contribution in [-0.4, -0.2) is 25.4 Å². The first-order valence-corrected chi connectivity index (χ1v) is 8.52. The summed E-state index contributed by atoms with van der Waals surface area (Å²) in [7, 11) is 1.65. The van der Waals surface area contributed by atoms with E-state index in [4.69, 9.17) is 21.7 Å². The van der Waals surface area contributed by atoms with Crippen LogP contribution in [-0.2, 0) is 6.42 Å². The first kappa shape index (κ1) is 18.1. The average molecular weight is 344 g/mol. The van der Waals surface area contributed by atoms with E-state index >= 15 is 0 Å². The number of rotatable bonds is 8. The van der Waals surface area contributed by atoms with E-state index in [-0.39, 0.29) is 0 Å². The molecule has 0 unspecified atom stereocenters. The molecule has 0 aromatic heterocycles. The van der Waals surface area contributed by atoms with Crippen molar-refractivity contribution >= 4 is 23.0 Å². The lowest BCUT2D eigenvalue weighted by atomic mass is 10.1. The molecule has 0 fully saturated rings. The Morgan fingerprint density at radius 2 is 1.88 bits per heavy atom. The number of aryl methyl sites for hydroxylation is 1. The van der Waals surface area contributed by atoms with Crippen LogP contribution in [0.3, 0.4) is 0 Å². The summed E-state index contributed by atoms with van der Waals surface area (Å²) in [5.41, 5.74) is 2.21. The normalized spacial score (nSPS) is 10.1. The third kappa shape index (κ3) is 6.08. The second-order valence-corrected chi connectivity index (χ2v) is 5.70. The maximum atomic E-state index is 5.44. The maximum absolute atomic E-state index is 5.44.